The van der Waals surface area contributed by atoms with E-state index in [1.54, 1.807) is 24.4 Å². The molecule has 20 heavy (non-hydrogen) atoms. The Morgan fingerprint density at radius 3 is 2.90 bits per heavy atom. The fraction of sp³-hybridized carbons (Fsp3) is 0.143. The Hall–Kier alpha value is -2.47. The van der Waals surface area contributed by atoms with Gasteiger partial charge in [0.25, 0.3) is 0 Å². The monoisotopic (exact) mass is 276 g/mol. The van der Waals surface area contributed by atoms with Gasteiger partial charge in [-0.25, -0.2) is 4.39 Å². The van der Waals surface area contributed by atoms with Crippen molar-refractivity contribution in [1.29, 1.82) is 0 Å². The number of pyridine rings is 1. The minimum Gasteiger partial charge on any atom is -0.453 e. The summed E-state index contributed by atoms with van der Waals surface area (Å²) in [6, 6.07) is 7.73. The Morgan fingerprint density at radius 2 is 2.25 bits per heavy atom. The second kappa shape index (κ2) is 6.63. The van der Waals surface area contributed by atoms with Crippen molar-refractivity contribution in [3.05, 3.63) is 54.1 Å². The van der Waals surface area contributed by atoms with Crippen LogP contribution in [0.2, 0.25) is 0 Å². The quantitative estimate of drug-likeness (QED) is 0.870. The third kappa shape index (κ3) is 3.76. The highest BCUT2D eigenvalue weighted by atomic mass is 19.1. The lowest BCUT2D eigenvalue weighted by Gasteiger charge is -2.08. The lowest BCUT2D eigenvalue weighted by molar-refractivity contribution is -0.123. The number of hydrogen-bond donors (Lipinski definition) is 2. The molecule has 6 heteroatoms. The number of halogens is 1. The maximum atomic E-state index is 13.8. The number of aliphatic hydroxyl groups is 1. The Labute approximate surface area is 115 Å². The van der Waals surface area contributed by atoms with Crippen molar-refractivity contribution >= 4 is 5.91 Å². The molecule has 1 aromatic heterocycles. The second-order valence-electron chi connectivity index (χ2n) is 3.99. The van der Waals surface area contributed by atoms with Gasteiger partial charge in [0, 0.05) is 12.7 Å². The largest absolute Gasteiger partial charge is 0.453 e. The van der Waals surface area contributed by atoms with Gasteiger partial charge < -0.3 is 15.2 Å². The van der Waals surface area contributed by atoms with Crippen molar-refractivity contribution in [3.63, 3.8) is 0 Å². The van der Waals surface area contributed by atoms with E-state index in [0.29, 0.717) is 11.3 Å². The van der Waals surface area contributed by atoms with Gasteiger partial charge in [-0.1, -0.05) is 6.07 Å². The van der Waals surface area contributed by atoms with E-state index >= 15 is 0 Å². The number of aliphatic hydroxyl groups excluding tert-OH is 1. The summed E-state index contributed by atoms with van der Waals surface area (Å²) in [6.07, 6.45) is 3.07. The van der Waals surface area contributed by atoms with Crippen LogP contribution >= 0.6 is 0 Å². The molecule has 1 heterocycles. The molecule has 0 saturated heterocycles. The number of ether oxygens (including phenoxy) is 1. The van der Waals surface area contributed by atoms with Crippen LogP contribution in [0.3, 0.4) is 0 Å². The topological polar surface area (TPSA) is 71.5 Å². The summed E-state index contributed by atoms with van der Waals surface area (Å²) in [5, 5.41) is 11.0. The first-order valence-corrected chi connectivity index (χ1v) is 5.93. The summed E-state index contributed by atoms with van der Waals surface area (Å²) in [5.74, 6) is -0.534. The Kier molecular flexibility index (Phi) is 4.62. The maximum absolute atomic E-state index is 13.8. The van der Waals surface area contributed by atoms with E-state index in [9.17, 15) is 9.18 Å². The average molecular weight is 276 g/mol. The van der Waals surface area contributed by atoms with Gasteiger partial charge in [0.05, 0.1) is 6.20 Å². The predicted octanol–water partition coefficient (Wildman–Crippen LogP) is 1.62. The van der Waals surface area contributed by atoms with Crippen LogP contribution in [0.1, 0.15) is 5.56 Å². The van der Waals surface area contributed by atoms with Crippen molar-refractivity contribution < 1.29 is 19.0 Å². The zero-order chi connectivity index (χ0) is 14.4. The number of amides is 1. The van der Waals surface area contributed by atoms with Crippen LogP contribution in [0.5, 0.6) is 11.5 Å². The van der Waals surface area contributed by atoms with Gasteiger partial charge in [0.1, 0.15) is 12.4 Å². The number of nitrogens with zero attached hydrogens (tertiary/aromatic N) is 1. The fourth-order valence-corrected chi connectivity index (χ4v) is 1.53. The molecule has 2 N–H and O–H groups in total. The molecule has 0 spiro atoms. The molecule has 0 unspecified atom stereocenters. The van der Waals surface area contributed by atoms with Crippen molar-refractivity contribution in [2.75, 3.05) is 6.61 Å². The molecule has 0 aliphatic carbocycles. The van der Waals surface area contributed by atoms with Crippen LogP contribution in [0.15, 0.2) is 42.7 Å². The summed E-state index contributed by atoms with van der Waals surface area (Å²) >= 11 is 0. The van der Waals surface area contributed by atoms with Crippen LogP contribution < -0.4 is 10.1 Å². The Bertz CT molecular complexity index is 590. The van der Waals surface area contributed by atoms with E-state index in [1.807, 2.05) is 0 Å². The summed E-state index contributed by atoms with van der Waals surface area (Å²) in [4.78, 5) is 14.8. The number of benzene rings is 1. The highest BCUT2D eigenvalue weighted by molar-refractivity contribution is 5.76. The highest BCUT2D eigenvalue weighted by Crippen LogP contribution is 2.24. The van der Waals surface area contributed by atoms with Gasteiger partial charge >= 0.3 is 0 Å². The summed E-state index contributed by atoms with van der Waals surface area (Å²) in [7, 11) is 0. The number of aromatic nitrogens is 1. The van der Waals surface area contributed by atoms with E-state index < -0.39 is 18.3 Å². The zero-order valence-electron chi connectivity index (χ0n) is 10.5. The number of rotatable bonds is 5. The molecule has 2 aromatic rings. The molecule has 0 radical (unpaired) electrons. The predicted molar refractivity (Wildman–Crippen MR) is 69.6 cm³/mol. The minimum atomic E-state index is -0.593. The zero-order valence-corrected chi connectivity index (χ0v) is 10.5. The van der Waals surface area contributed by atoms with Gasteiger partial charge in [0.15, 0.2) is 11.6 Å². The molecule has 0 fully saturated rings. The lowest BCUT2D eigenvalue weighted by atomic mass is 10.2. The summed E-state index contributed by atoms with van der Waals surface area (Å²) < 4.78 is 19.2. The lowest BCUT2D eigenvalue weighted by Crippen LogP contribution is -2.25. The molecular weight excluding hydrogens is 263 g/mol. The van der Waals surface area contributed by atoms with Gasteiger partial charge in [-0.05, 0) is 29.8 Å². The molecule has 2 rings (SSSR count). The van der Waals surface area contributed by atoms with Gasteiger partial charge in [0.2, 0.25) is 5.91 Å². The summed E-state index contributed by atoms with van der Waals surface area (Å²) in [6.45, 7) is -0.450. The van der Waals surface area contributed by atoms with Crippen molar-refractivity contribution in [2.24, 2.45) is 0 Å². The molecule has 0 saturated carbocycles. The first kappa shape index (κ1) is 14.0. The van der Waals surface area contributed by atoms with Gasteiger partial charge in [-0.15, -0.1) is 0 Å². The first-order chi connectivity index (χ1) is 9.69. The van der Waals surface area contributed by atoms with Crippen molar-refractivity contribution in [2.45, 2.75) is 6.54 Å². The van der Waals surface area contributed by atoms with E-state index in [-0.39, 0.29) is 12.3 Å². The van der Waals surface area contributed by atoms with E-state index in [0.717, 1.165) is 0 Å². The van der Waals surface area contributed by atoms with Crippen LogP contribution in [0.25, 0.3) is 0 Å². The molecular formula is C14H13FN2O3. The molecule has 1 amide bonds. The smallest absolute Gasteiger partial charge is 0.245 e. The Balaban J connectivity index is 2.04. The number of carbonyl (C=O) groups excluding carboxylic acids is 1. The fourth-order valence-electron chi connectivity index (χ4n) is 1.53. The third-order valence-electron chi connectivity index (χ3n) is 2.49. The maximum Gasteiger partial charge on any atom is 0.245 e. The van der Waals surface area contributed by atoms with Crippen LogP contribution in [0.4, 0.5) is 4.39 Å². The van der Waals surface area contributed by atoms with Crippen molar-refractivity contribution in [1.82, 2.24) is 10.3 Å². The van der Waals surface area contributed by atoms with Crippen LogP contribution in [0, 0.1) is 5.82 Å². The van der Waals surface area contributed by atoms with Gasteiger partial charge in [-0.3, -0.25) is 9.78 Å². The molecule has 0 aliphatic heterocycles. The highest BCUT2D eigenvalue weighted by Gasteiger charge is 2.07. The minimum absolute atomic E-state index is 0.0789. The molecule has 0 bridgehead atoms. The molecule has 1 aromatic carbocycles. The van der Waals surface area contributed by atoms with E-state index in [4.69, 9.17) is 9.84 Å². The number of carbonyl (C=O) groups is 1. The first-order valence-electron chi connectivity index (χ1n) is 5.93. The van der Waals surface area contributed by atoms with Crippen molar-refractivity contribution in [3.8, 4) is 11.5 Å². The summed E-state index contributed by atoms with van der Waals surface area (Å²) in [5.41, 5.74) is 0.572. The Morgan fingerprint density at radius 1 is 1.40 bits per heavy atom. The standard InChI is InChI=1S/C14H13FN2O3/c15-12-6-10(7-17-14(19)9-18)3-4-13(12)20-11-2-1-5-16-8-11/h1-6,8,18H,7,9H2,(H,17,19). The molecule has 0 aliphatic rings. The van der Waals surface area contributed by atoms with Crippen LogP contribution in [-0.4, -0.2) is 22.6 Å². The molecule has 5 nitrogen and oxygen atoms in total. The average Bonchev–Trinajstić information content (AvgIpc) is 2.48. The molecule has 104 valence electrons. The second-order valence-corrected chi connectivity index (χ2v) is 3.99. The molecule has 0 atom stereocenters. The SMILES string of the molecule is O=C(CO)NCc1ccc(Oc2cccnc2)c(F)c1. The normalized spacial score (nSPS) is 10.1. The van der Waals surface area contributed by atoms with E-state index in [2.05, 4.69) is 10.3 Å². The van der Waals surface area contributed by atoms with Crippen LogP contribution in [-0.2, 0) is 11.3 Å². The number of nitrogens with one attached hydrogen (secondary N) is 1. The van der Waals surface area contributed by atoms with Gasteiger partial charge in [-0.2, -0.15) is 0 Å². The number of hydrogen-bond acceptors (Lipinski definition) is 4. The third-order valence-corrected chi connectivity index (χ3v) is 2.49. The van der Waals surface area contributed by atoms with E-state index in [1.165, 1.54) is 18.3 Å².